The Hall–Kier alpha value is -3.13. The second-order valence-electron chi connectivity index (χ2n) is 6.71. The molecule has 0 spiro atoms. The van der Waals surface area contributed by atoms with Crippen molar-refractivity contribution in [3.05, 3.63) is 59.7 Å². The zero-order valence-electron chi connectivity index (χ0n) is 16.0. The number of rotatable bonds is 7. The van der Waals surface area contributed by atoms with E-state index in [1.54, 1.807) is 0 Å². The first-order valence-corrected chi connectivity index (χ1v) is 9.97. The molecule has 2 aromatic rings. The molecule has 0 radical (unpaired) electrons. The number of carbonyl (C=O) groups excluding carboxylic acids is 1. The van der Waals surface area contributed by atoms with Crippen molar-refractivity contribution in [2.75, 3.05) is 0 Å². The van der Waals surface area contributed by atoms with Crippen molar-refractivity contribution in [1.29, 1.82) is 0 Å². The molecule has 0 aromatic heterocycles. The van der Waals surface area contributed by atoms with E-state index in [0.29, 0.717) is 11.7 Å². The van der Waals surface area contributed by atoms with Gasteiger partial charge in [-0.1, -0.05) is 49.9 Å². The summed E-state index contributed by atoms with van der Waals surface area (Å²) in [5.41, 5.74) is 1.96. The molecule has 1 unspecified atom stereocenters. The molecule has 29 heavy (non-hydrogen) atoms. The predicted molar refractivity (Wildman–Crippen MR) is 114 cm³/mol. The number of thioether (sulfide) groups is 1. The van der Waals surface area contributed by atoms with Gasteiger partial charge in [0.25, 0.3) is 0 Å². The zero-order chi connectivity index (χ0) is 20.8. The van der Waals surface area contributed by atoms with Crippen LogP contribution in [0.4, 0.5) is 0 Å². The zero-order valence-corrected chi connectivity index (χ0v) is 16.8. The molecule has 3 rings (SSSR count). The third-order valence-electron chi connectivity index (χ3n) is 4.18. The molecule has 8 heteroatoms. The number of ether oxygens (including phenoxy) is 1. The minimum absolute atomic E-state index is 0.258. The van der Waals surface area contributed by atoms with Gasteiger partial charge < -0.3 is 15.2 Å². The highest BCUT2D eigenvalue weighted by Gasteiger charge is 2.32. The quantitative estimate of drug-likeness (QED) is 0.530. The van der Waals surface area contributed by atoms with E-state index in [4.69, 9.17) is 9.84 Å². The van der Waals surface area contributed by atoms with Crippen molar-refractivity contribution < 1.29 is 19.4 Å². The smallest absolute Gasteiger partial charge is 0.305 e. The summed E-state index contributed by atoms with van der Waals surface area (Å²) in [4.78, 5) is 22.5. The number of carbonyl (C=O) groups is 2. The lowest BCUT2D eigenvalue weighted by Gasteiger charge is -2.10. The number of nitrogens with one attached hydrogen (secondary N) is 1. The summed E-state index contributed by atoms with van der Waals surface area (Å²) < 4.78 is 5.96. The standard InChI is InChI=1S/C21H21N3O4S/c1-13(2)14-7-9-16(10-8-14)28-17-6-4-3-5-15(17)12-22-24-21-23-20(27)18(29-21)11-19(25)26/h3-10,12-13,18H,11H2,1-2H3,(H,25,26)(H,23,24,27). The van der Waals surface area contributed by atoms with Crippen molar-refractivity contribution in [2.45, 2.75) is 31.4 Å². The topological polar surface area (TPSA) is 100 Å². The number of carboxylic acid groups (broad SMARTS) is 1. The maximum absolute atomic E-state index is 11.7. The number of carboxylic acids is 1. The van der Waals surface area contributed by atoms with Gasteiger partial charge in [-0.2, -0.15) is 5.10 Å². The van der Waals surface area contributed by atoms with Gasteiger partial charge in [0.05, 0.1) is 12.6 Å². The highest BCUT2D eigenvalue weighted by Crippen LogP contribution is 2.26. The summed E-state index contributed by atoms with van der Waals surface area (Å²) in [5.74, 6) is 0.388. The number of para-hydroxylation sites is 1. The van der Waals surface area contributed by atoms with E-state index in [2.05, 4.69) is 29.4 Å². The molecule has 1 saturated heterocycles. The number of hydrogen-bond donors (Lipinski definition) is 2. The predicted octanol–water partition coefficient (Wildman–Crippen LogP) is 4.00. The molecule has 150 valence electrons. The first-order valence-electron chi connectivity index (χ1n) is 9.09. The van der Waals surface area contributed by atoms with E-state index in [1.165, 1.54) is 11.8 Å². The maximum Gasteiger partial charge on any atom is 0.305 e. The van der Waals surface area contributed by atoms with Crippen molar-refractivity contribution in [2.24, 2.45) is 10.2 Å². The molecule has 0 saturated carbocycles. The van der Waals surface area contributed by atoms with Crippen LogP contribution in [-0.2, 0) is 9.59 Å². The molecule has 1 aliphatic rings. The number of amidine groups is 1. The molecule has 2 N–H and O–H groups in total. The summed E-state index contributed by atoms with van der Waals surface area (Å²) >= 11 is 1.06. The van der Waals surface area contributed by atoms with Gasteiger partial charge in [0.1, 0.15) is 16.7 Å². The fraction of sp³-hybridized carbons (Fsp3) is 0.238. The largest absolute Gasteiger partial charge is 0.481 e. The number of benzene rings is 2. The molecule has 1 aliphatic heterocycles. The van der Waals surface area contributed by atoms with Gasteiger partial charge in [-0.25, -0.2) is 0 Å². The fourth-order valence-corrected chi connectivity index (χ4v) is 3.53. The average molecular weight is 411 g/mol. The monoisotopic (exact) mass is 411 g/mol. The fourth-order valence-electron chi connectivity index (χ4n) is 2.62. The van der Waals surface area contributed by atoms with Gasteiger partial charge >= 0.3 is 5.97 Å². The summed E-state index contributed by atoms with van der Waals surface area (Å²) in [5, 5.41) is 18.9. The van der Waals surface area contributed by atoms with E-state index in [-0.39, 0.29) is 17.5 Å². The van der Waals surface area contributed by atoms with Gasteiger partial charge in [-0.3, -0.25) is 9.59 Å². The van der Waals surface area contributed by atoms with Gasteiger partial charge in [0.15, 0.2) is 5.17 Å². The summed E-state index contributed by atoms with van der Waals surface area (Å²) in [6, 6.07) is 15.3. The SMILES string of the molecule is CC(C)c1ccc(Oc2ccccc2C=NN=C2NC(=O)C(CC(=O)O)S2)cc1. The molecular formula is C21H21N3O4S. The van der Waals surface area contributed by atoms with Crippen LogP contribution in [0, 0.1) is 0 Å². The Bertz CT molecular complexity index is 955. The third kappa shape index (κ3) is 5.68. The lowest BCUT2D eigenvalue weighted by molar-refractivity contribution is -0.138. The molecule has 1 fully saturated rings. The van der Waals surface area contributed by atoms with Crippen LogP contribution in [-0.4, -0.2) is 33.6 Å². The molecule has 1 amide bonds. The first kappa shape index (κ1) is 20.6. The maximum atomic E-state index is 11.7. The van der Waals surface area contributed by atoms with Crippen molar-refractivity contribution in [3.8, 4) is 11.5 Å². The van der Waals surface area contributed by atoms with Crippen LogP contribution in [0.3, 0.4) is 0 Å². The molecule has 0 bridgehead atoms. The van der Waals surface area contributed by atoms with Crippen LogP contribution in [0.25, 0.3) is 0 Å². The van der Waals surface area contributed by atoms with Crippen LogP contribution < -0.4 is 10.1 Å². The van der Waals surface area contributed by atoms with Crippen LogP contribution in [0.5, 0.6) is 11.5 Å². The number of amides is 1. The van der Waals surface area contributed by atoms with Gasteiger partial charge in [-0.15, -0.1) is 5.10 Å². The van der Waals surface area contributed by atoms with E-state index in [1.807, 2.05) is 48.5 Å². The Morgan fingerprint density at radius 1 is 1.24 bits per heavy atom. The second kappa shape index (κ2) is 9.38. The van der Waals surface area contributed by atoms with Crippen molar-refractivity contribution in [3.63, 3.8) is 0 Å². The number of hydrogen-bond acceptors (Lipinski definition) is 6. The summed E-state index contributed by atoms with van der Waals surface area (Å²) in [7, 11) is 0. The minimum atomic E-state index is -1.03. The number of nitrogens with zero attached hydrogens (tertiary/aromatic N) is 2. The lowest BCUT2D eigenvalue weighted by atomic mass is 10.0. The second-order valence-corrected chi connectivity index (χ2v) is 7.90. The highest BCUT2D eigenvalue weighted by molar-refractivity contribution is 8.15. The van der Waals surface area contributed by atoms with E-state index < -0.39 is 11.2 Å². The van der Waals surface area contributed by atoms with E-state index in [9.17, 15) is 9.59 Å². The van der Waals surface area contributed by atoms with Crippen LogP contribution in [0.1, 0.15) is 37.3 Å². The normalized spacial score (nSPS) is 17.8. The highest BCUT2D eigenvalue weighted by atomic mass is 32.2. The molecule has 7 nitrogen and oxygen atoms in total. The molecule has 2 aromatic carbocycles. The van der Waals surface area contributed by atoms with E-state index >= 15 is 0 Å². The molecule has 1 atom stereocenters. The van der Waals surface area contributed by atoms with Crippen LogP contribution in [0.15, 0.2) is 58.7 Å². The Kier molecular flexibility index (Phi) is 6.66. The Morgan fingerprint density at radius 2 is 1.97 bits per heavy atom. The van der Waals surface area contributed by atoms with Crippen LogP contribution in [0.2, 0.25) is 0 Å². The van der Waals surface area contributed by atoms with Gasteiger partial charge in [0, 0.05) is 5.56 Å². The van der Waals surface area contributed by atoms with Crippen LogP contribution >= 0.6 is 11.8 Å². The van der Waals surface area contributed by atoms with Gasteiger partial charge in [0.2, 0.25) is 5.91 Å². The third-order valence-corrected chi connectivity index (χ3v) is 5.25. The minimum Gasteiger partial charge on any atom is -0.481 e. The lowest BCUT2D eigenvalue weighted by Crippen LogP contribution is -2.26. The van der Waals surface area contributed by atoms with E-state index in [0.717, 1.165) is 23.1 Å². The van der Waals surface area contributed by atoms with Crippen molar-refractivity contribution >= 4 is 35.0 Å². The summed E-state index contributed by atoms with van der Waals surface area (Å²) in [6.45, 7) is 4.27. The number of aliphatic carboxylic acids is 1. The first-order chi connectivity index (χ1) is 13.9. The Morgan fingerprint density at radius 3 is 2.66 bits per heavy atom. The molecular weight excluding hydrogens is 390 g/mol. The Balaban J connectivity index is 1.69. The van der Waals surface area contributed by atoms with Crippen molar-refractivity contribution in [1.82, 2.24) is 5.32 Å². The molecule has 0 aliphatic carbocycles. The summed E-state index contributed by atoms with van der Waals surface area (Å²) in [6.07, 6.45) is 1.27. The van der Waals surface area contributed by atoms with Gasteiger partial charge in [-0.05, 0) is 35.7 Å². The molecule has 1 heterocycles. The Labute approximate surface area is 172 Å². The average Bonchev–Trinajstić information content (AvgIpc) is 3.02.